The lowest BCUT2D eigenvalue weighted by atomic mass is 10.1. The van der Waals surface area contributed by atoms with Crippen molar-refractivity contribution in [2.45, 2.75) is 38.8 Å². The zero-order chi connectivity index (χ0) is 36.2. The molecule has 0 bridgehead atoms. The molecule has 268 valence electrons. The Balaban J connectivity index is 1.59. The van der Waals surface area contributed by atoms with Gasteiger partial charge in [0.05, 0.1) is 31.7 Å². The van der Waals surface area contributed by atoms with E-state index in [-0.39, 0.29) is 50.0 Å². The highest BCUT2D eigenvalue weighted by molar-refractivity contribution is 8.76. The minimum atomic E-state index is -2.10. The summed E-state index contributed by atoms with van der Waals surface area (Å²) >= 11 is 0. The standard InChI is InChI=1S/C36H45N4O7PS2/c1-3-46-34(43)24-39-35(44)31(40-32(41)21-20-30(37)36(45)47-4-2)25-49-50-26-33(42)38-22-23-48(27-14-8-5-9-15-27,28-16-10-6-11-17-28)29-18-12-7-13-19-29/h5-19,30-31H,3-4,20-26,37H2,1-2H3,(H2-,38,39,40,41,42,44)/p+1/t30-,31-/m0/s1. The predicted octanol–water partition coefficient (Wildman–Crippen LogP) is 2.31. The van der Waals surface area contributed by atoms with Crippen molar-refractivity contribution in [2.24, 2.45) is 5.73 Å². The van der Waals surface area contributed by atoms with Crippen LogP contribution in [-0.4, -0.2) is 85.7 Å². The predicted molar refractivity (Wildman–Crippen MR) is 203 cm³/mol. The normalized spacial score (nSPS) is 12.2. The number of nitrogens with two attached hydrogens (primary N) is 1. The second kappa shape index (κ2) is 22.0. The van der Waals surface area contributed by atoms with Gasteiger partial charge in [0.2, 0.25) is 17.7 Å². The quantitative estimate of drug-likeness (QED) is 0.0551. The Kier molecular flexibility index (Phi) is 17.9. The number of ether oxygens (including phenoxy) is 2. The van der Waals surface area contributed by atoms with Gasteiger partial charge in [-0.2, -0.15) is 0 Å². The maximum Gasteiger partial charge on any atom is 0.325 e. The Labute approximate surface area is 302 Å². The summed E-state index contributed by atoms with van der Waals surface area (Å²) in [6.45, 7) is 3.75. The smallest absolute Gasteiger partial charge is 0.325 e. The van der Waals surface area contributed by atoms with Crippen molar-refractivity contribution in [1.29, 1.82) is 0 Å². The lowest BCUT2D eigenvalue weighted by molar-refractivity contribution is -0.145. The van der Waals surface area contributed by atoms with Crippen molar-refractivity contribution in [2.75, 3.05) is 44.0 Å². The van der Waals surface area contributed by atoms with Crippen LogP contribution < -0.4 is 37.6 Å². The molecule has 3 aromatic carbocycles. The van der Waals surface area contributed by atoms with Crippen LogP contribution >= 0.6 is 28.9 Å². The molecule has 2 atom stereocenters. The third-order valence-electron chi connectivity index (χ3n) is 7.50. The van der Waals surface area contributed by atoms with Crippen molar-refractivity contribution >= 4 is 74.4 Å². The van der Waals surface area contributed by atoms with Crippen molar-refractivity contribution < 1.29 is 33.4 Å². The number of carbonyl (C=O) groups is 5. The maximum atomic E-state index is 13.0. The van der Waals surface area contributed by atoms with E-state index in [2.05, 4.69) is 52.3 Å². The minimum Gasteiger partial charge on any atom is -0.465 e. The lowest BCUT2D eigenvalue weighted by Gasteiger charge is -2.27. The molecular formula is C36H46N4O7PS2+. The van der Waals surface area contributed by atoms with Gasteiger partial charge in [-0.05, 0) is 56.7 Å². The van der Waals surface area contributed by atoms with Crippen molar-refractivity contribution in [3.8, 4) is 0 Å². The van der Waals surface area contributed by atoms with Crippen LogP contribution in [0.4, 0.5) is 0 Å². The molecule has 0 aliphatic carbocycles. The largest absolute Gasteiger partial charge is 0.465 e. The van der Waals surface area contributed by atoms with Gasteiger partial charge in [0, 0.05) is 12.2 Å². The monoisotopic (exact) mass is 741 g/mol. The molecule has 14 heteroatoms. The second-order valence-electron chi connectivity index (χ2n) is 11.0. The molecule has 0 radical (unpaired) electrons. The van der Waals surface area contributed by atoms with E-state index in [1.54, 1.807) is 13.8 Å². The van der Waals surface area contributed by atoms with Crippen molar-refractivity contribution in [3.63, 3.8) is 0 Å². The zero-order valence-corrected chi connectivity index (χ0v) is 30.9. The fourth-order valence-electron chi connectivity index (χ4n) is 5.10. The first-order valence-electron chi connectivity index (χ1n) is 16.4. The number of carbonyl (C=O) groups excluding carboxylic acids is 5. The number of hydrogen-bond donors (Lipinski definition) is 4. The molecule has 11 nitrogen and oxygen atoms in total. The van der Waals surface area contributed by atoms with Gasteiger partial charge in [-0.25, -0.2) is 0 Å². The van der Waals surface area contributed by atoms with Crippen LogP contribution in [0.3, 0.4) is 0 Å². The van der Waals surface area contributed by atoms with Gasteiger partial charge < -0.3 is 31.2 Å². The van der Waals surface area contributed by atoms with Gasteiger partial charge in [-0.15, -0.1) is 0 Å². The van der Waals surface area contributed by atoms with Crippen LogP contribution in [0.25, 0.3) is 0 Å². The summed E-state index contributed by atoms with van der Waals surface area (Å²) in [5.41, 5.74) is 5.80. The van der Waals surface area contributed by atoms with E-state index in [0.29, 0.717) is 6.54 Å². The number of amides is 3. The summed E-state index contributed by atoms with van der Waals surface area (Å²) in [5, 5.41) is 11.9. The Morgan fingerprint density at radius 3 is 1.80 bits per heavy atom. The maximum absolute atomic E-state index is 13.0. The Hall–Kier alpha value is -3.90. The lowest BCUT2D eigenvalue weighted by Crippen LogP contribution is -2.49. The molecule has 0 saturated carbocycles. The molecule has 3 amide bonds. The summed E-state index contributed by atoms with van der Waals surface area (Å²) in [7, 11) is 0.397. The zero-order valence-electron chi connectivity index (χ0n) is 28.4. The van der Waals surface area contributed by atoms with E-state index in [4.69, 9.17) is 15.2 Å². The third kappa shape index (κ3) is 12.8. The number of benzene rings is 3. The van der Waals surface area contributed by atoms with Crippen LogP contribution in [0.5, 0.6) is 0 Å². The van der Waals surface area contributed by atoms with Gasteiger partial charge in [-0.1, -0.05) is 76.2 Å². The van der Waals surface area contributed by atoms with E-state index < -0.39 is 43.1 Å². The van der Waals surface area contributed by atoms with E-state index in [0.717, 1.165) is 6.16 Å². The fourth-order valence-corrected chi connectivity index (χ4v) is 11.3. The molecule has 3 rings (SSSR count). The van der Waals surface area contributed by atoms with Gasteiger partial charge in [0.25, 0.3) is 0 Å². The molecule has 0 heterocycles. The number of rotatable bonds is 21. The Morgan fingerprint density at radius 1 is 0.740 bits per heavy atom. The highest BCUT2D eigenvalue weighted by Crippen LogP contribution is 2.54. The fraction of sp³-hybridized carbons (Fsp3) is 0.361. The number of esters is 2. The molecule has 0 fully saturated rings. The molecule has 0 aliphatic heterocycles. The van der Waals surface area contributed by atoms with Gasteiger partial charge in [-0.3, -0.25) is 24.0 Å². The molecule has 0 unspecified atom stereocenters. The highest BCUT2D eigenvalue weighted by atomic mass is 33.1. The van der Waals surface area contributed by atoms with Crippen LogP contribution in [0.1, 0.15) is 26.7 Å². The van der Waals surface area contributed by atoms with E-state index >= 15 is 0 Å². The molecule has 3 aromatic rings. The van der Waals surface area contributed by atoms with Crippen LogP contribution in [-0.2, 0) is 33.4 Å². The summed E-state index contributed by atoms with van der Waals surface area (Å²) in [6.07, 6.45) is 0.649. The number of hydrogen-bond acceptors (Lipinski definition) is 10. The first-order valence-corrected chi connectivity index (χ1v) is 20.9. The average Bonchev–Trinajstić information content (AvgIpc) is 3.14. The molecule has 50 heavy (non-hydrogen) atoms. The molecule has 0 aliphatic rings. The average molecular weight is 742 g/mol. The third-order valence-corrected chi connectivity index (χ3v) is 14.2. The summed E-state index contributed by atoms with van der Waals surface area (Å²) in [5.74, 6) is -2.21. The van der Waals surface area contributed by atoms with Crippen molar-refractivity contribution in [3.05, 3.63) is 91.0 Å². The first-order chi connectivity index (χ1) is 24.2. The second-order valence-corrected chi connectivity index (χ2v) is 17.1. The van der Waals surface area contributed by atoms with E-state index in [1.807, 2.05) is 54.6 Å². The molecule has 0 spiro atoms. The Bertz CT molecular complexity index is 1420. The summed E-state index contributed by atoms with van der Waals surface area (Å²) in [4.78, 5) is 62.1. The van der Waals surface area contributed by atoms with Crippen LogP contribution in [0, 0.1) is 0 Å². The minimum absolute atomic E-state index is 0.0340. The van der Waals surface area contributed by atoms with E-state index in [1.165, 1.54) is 37.5 Å². The topological polar surface area (TPSA) is 166 Å². The highest BCUT2D eigenvalue weighted by Gasteiger charge is 2.44. The van der Waals surface area contributed by atoms with Gasteiger partial charge in [0.1, 0.15) is 41.8 Å². The van der Waals surface area contributed by atoms with Crippen LogP contribution in [0.2, 0.25) is 0 Å². The Morgan fingerprint density at radius 2 is 1.28 bits per heavy atom. The molecular weight excluding hydrogens is 696 g/mol. The van der Waals surface area contributed by atoms with Gasteiger partial charge >= 0.3 is 11.9 Å². The SMILES string of the molecule is CCOC(=O)CNC(=O)[C@H](CSSCC(=O)NCC[P+](c1ccccc1)(c1ccccc1)c1ccccc1)NC(=O)CC[C@H](N)C(=O)OCC. The van der Waals surface area contributed by atoms with E-state index in [9.17, 15) is 24.0 Å². The first kappa shape index (κ1) is 40.5. The molecule has 5 N–H and O–H groups in total. The van der Waals surface area contributed by atoms with Gasteiger partial charge in [0.15, 0.2) is 0 Å². The molecule has 0 aromatic heterocycles. The number of nitrogens with one attached hydrogen (secondary N) is 3. The summed E-state index contributed by atoms with van der Waals surface area (Å²) < 4.78 is 9.74. The summed E-state index contributed by atoms with van der Waals surface area (Å²) in [6, 6.07) is 29.3. The van der Waals surface area contributed by atoms with Crippen molar-refractivity contribution in [1.82, 2.24) is 16.0 Å². The van der Waals surface area contributed by atoms with Crippen LogP contribution in [0.15, 0.2) is 91.0 Å². The molecule has 0 saturated heterocycles.